The second kappa shape index (κ2) is 5.27. The van der Waals surface area contributed by atoms with Crippen molar-refractivity contribution in [2.24, 2.45) is 0 Å². The minimum atomic E-state index is -0.110. The highest BCUT2D eigenvalue weighted by Gasteiger charge is 2.26. The van der Waals surface area contributed by atoms with Gasteiger partial charge in [-0.25, -0.2) is 4.39 Å². The van der Waals surface area contributed by atoms with Crippen LogP contribution in [0.3, 0.4) is 0 Å². The lowest BCUT2D eigenvalue weighted by molar-refractivity contribution is 0.397. The van der Waals surface area contributed by atoms with Crippen LogP contribution in [-0.4, -0.2) is 6.04 Å². The predicted molar refractivity (Wildman–Crippen MR) is 82.9 cm³/mol. The minimum absolute atomic E-state index is 0.110. The molecule has 4 rings (SSSR count). The molecule has 0 aromatic heterocycles. The van der Waals surface area contributed by atoms with E-state index in [1.54, 1.807) is 12.1 Å². The topological polar surface area (TPSA) is 12.0 Å². The van der Waals surface area contributed by atoms with Crippen LogP contribution in [0, 0.1) is 5.82 Å². The van der Waals surface area contributed by atoms with Crippen molar-refractivity contribution in [3.05, 3.63) is 70.5 Å². The third-order valence-electron chi connectivity index (χ3n) is 4.97. The van der Waals surface area contributed by atoms with Crippen LogP contribution in [0.1, 0.15) is 41.1 Å². The van der Waals surface area contributed by atoms with Gasteiger partial charge in [0.1, 0.15) is 5.82 Å². The highest BCUT2D eigenvalue weighted by Crippen LogP contribution is 2.33. The van der Waals surface area contributed by atoms with Crippen LogP contribution in [0.25, 0.3) is 0 Å². The average molecular weight is 281 g/mol. The lowest BCUT2D eigenvalue weighted by Gasteiger charge is -2.28. The van der Waals surface area contributed by atoms with E-state index >= 15 is 0 Å². The molecule has 2 aliphatic carbocycles. The first-order chi connectivity index (χ1) is 10.3. The van der Waals surface area contributed by atoms with Crippen molar-refractivity contribution >= 4 is 0 Å². The highest BCUT2D eigenvalue weighted by atomic mass is 19.1. The van der Waals surface area contributed by atoms with Gasteiger partial charge in [0.05, 0.1) is 0 Å². The van der Waals surface area contributed by atoms with Gasteiger partial charge in [0.2, 0.25) is 0 Å². The van der Waals surface area contributed by atoms with Crippen LogP contribution in [0.2, 0.25) is 0 Å². The largest absolute Gasteiger partial charge is 0.307 e. The zero-order chi connectivity index (χ0) is 14.2. The molecule has 0 heterocycles. The van der Waals surface area contributed by atoms with Crippen LogP contribution in [0.15, 0.2) is 42.5 Å². The number of halogens is 1. The summed E-state index contributed by atoms with van der Waals surface area (Å²) in [6, 6.07) is 15.0. The van der Waals surface area contributed by atoms with Crippen molar-refractivity contribution in [2.75, 3.05) is 0 Å². The average Bonchev–Trinajstić information content (AvgIpc) is 2.89. The molecule has 0 aliphatic heterocycles. The van der Waals surface area contributed by atoms with Crippen LogP contribution in [-0.2, 0) is 19.3 Å². The number of fused-ring (bicyclic) bond motifs is 2. The molecule has 0 radical (unpaired) electrons. The molecule has 0 fully saturated rings. The Kier molecular flexibility index (Phi) is 3.27. The molecule has 2 aromatic rings. The summed E-state index contributed by atoms with van der Waals surface area (Å²) >= 11 is 0. The summed E-state index contributed by atoms with van der Waals surface area (Å²) < 4.78 is 13.3. The summed E-state index contributed by atoms with van der Waals surface area (Å²) in [7, 11) is 0. The standard InChI is InChI=1S/C19H20FN/c20-16-7-9-18-15(11-16)6-10-19(18)21-17-8-5-13-3-1-2-4-14(13)12-17/h1-4,7,9,11,17,19,21H,5-6,8,10,12H2. The van der Waals surface area contributed by atoms with Crippen molar-refractivity contribution in [2.45, 2.75) is 44.2 Å². The maximum Gasteiger partial charge on any atom is 0.123 e. The van der Waals surface area contributed by atoms with Gasteiger partial charge in [-0.15, -0.1) is 0 Å². The first kappa shape index (κ1) is 13.0. The van der Waals surface area contributed by atoms with Crippen LogP contribution in [0.4, 0.5) is 4.39 Å². The number of rotatable bonds is 2. The molecule has 0 saturated carbocycles. The Morgan fingerprint density at radius 1 is 0.905 bits per heavy atom. The molecule has 21 heavy (non-hydrogen) atoms. The van der Waals surface area contributed by atoms with E-state index in [-0.39, 0.29) is 5.82 Å². The van der Waals surface area contributed by atoms with Gasteiger partial charge in [0.25, 0.3) is 0 Å². The molecule has 0 amide bonds. The second-order valence-electron chi connectivity index (χ2n) is 6.31. The number of benzene rings is 2. The molecule has 2 aromatic carbocycles. The van der Waals surface area contributed by atoms with E-state index < -0.39 is 0 Å². The minimum Gasteiger partial charge on any atom is -0.307 e. The maximum atomic E-state index is 13.3. The molecule has 2 aliphatic rings. The lowest BCUT2D eigenvalue weighted by atomic mass is 9.88. The van der Waals surface area contributed by atoms with Gasteiger partial charge in [0, 0.05) is 12.1 Å². The van der Waals surface area contributed by atoms with Gasteiger partial charge in [-0.05, 0) is 66.5 Å². The van der Waals surface area contributed by atoms with E-state index in [1.165, 1.54) is 28.7 Å². The predicted octanol–water partition coefficient (Wildman–Crippen LogP) is 3.96. The summed E-state index contributed by atoms with van der Waals surface area (Å²) in [4.78, 5) is 0. The van der Waals surface area contributed by atoms with Crippen molar-refractivity contribution in [1.82, 2.24) is 5.32 Å². The molecule has 1 nitrogen and oxygen atoms in total. The Balaban J connectivity index is 1.49. The van der Waals surface area contributed by atoms with Crippen LogP contribution in [0.5, 0.6) is 0 Å². The molecule has 2 heteroatoms. The van der Waals surface area contributed by atoms with Gasteiger partial charge in [-0.3, -0.25) is 0 Å². The summed E-state index contributed by atoms with van der Waals surface area (Å²) in [5.74, 6) is -0.110. The summed E-state index contributed by atoms with van der Waals surface area (Å²) in [5.41, 5.74) is 5.47. The zero-order valence-corrected chi connectivity index (χ0v) is 12.1. The highest BCUT2D eigenvalue weighted by molar-refractivity contribution is 5.36. The molecular formula is C19H20FN. The van der Waals surface area contributed by atoms with Gasteiger partial charge in [-0.2, -0.15) is 0 Å². The third kappa shape index (κ3) is 2.49. The normalized spacial score (nSPS) is 23.7. The van der Waals surface area contributed by atoms with Crippen LogP contribution < -0.4 is 5.32 Å². The summed E-state index contributed by atoms with van der Waals surface area (Å²) in [6.07, 6.45) is 5.56. The summed E-state index contributed by atoms with van der Waals surface area (Å²) in [5, 5.41) is 3.81. The molecular weight excluding hydrogens is 261 g/mol. The number of hydrogen-bond donors (Lipinski definition) is 1. The number of aryl methyl sites for hydroxylation is 2. The Hall–Kier alpha value is -1.67. The van der Waals surface area contributed by atoms with Gasteiger partial charge < -0.3 is 5.32 Å². The Bertz CT molecular complexity index is 664. The van der Waals surface area contributed by atoms with Crippen molar-refractivity contribution in [3.8, 4) is 0 Å². The lowest BCUT2D eigenvalue weighted by Crippen LogP contribution is -2.36. The zero-order valence-electron chi connectivity index (χ0n) is 12.1. The van der Waals surface area contributed by atoms with E-state index in [2.05, 4.69) is 29.6 Å². The Morgan fingerprint density at radius 2 is 1.71 bits per heavy atom. The molecule has 108 valence electrons. The molecule has 0 bridgehead atoms. The second-order valence-corrected chi connectivity index (χ2v) is 6.31. The van der Waals surface area contributed by atoms with Crippen LogP contribution >= 0.6 is 0 Å². The van der Waals surface area contributed by atoms with Gasteiger partial charge >= 0.3 is 0 Å². The van der Waals surface area contributed by atoms with Crippen molar-refractivity contribution in [3.63, 3.8) is 0 Å². The third-order valence-corrected chi connectivity index (χ3v) is 4.97. The Morgan fingerprint density at radius 3 is 2.62 bits per heavy atom. The van der Waals surface area contributed by atoms with E-state index in [0.29, 0.717) is 12.1 Å². The van der Waals surface area contributed by atoms with Crippen molar-refractivity contribution < 1.29 is 4.39 Å². The van der Waals surface area contributed by atoms with Gasteiger partial charge in [0.15, 0.2) is 0 Å². The van der Waals surface area contributed by atoms with E-state index in [4.69, 9.17) is 0 Å². The van der Waals surface area contributed by atoms with Crippen molar-refractivity contribution in [1.29, 1.82) is 0 Å². The molecule has 2 atom stereocenters. The van der Waals surface area contributed by atoms with E-state index in [0.717, 1.165) is 25.7 Å². The molecule has 1 N–H and O–H groups in total. The SMILES string of the molecule is Fc1ccc2c(c1)CCC2NC1CCc2ccccc2C1. The smallest absolute Gasteiger partial charge is 0.123 e. The molecule has 0 saturated heterocycles. The first-order valence-corrected chi connectivity index (χ1v) is 7.91. The quantitative estimate of drug-likeness (QED) is 0.878. The number of hydrogen-bond acceptors (Lipinski definition) is 1. The fraction of sp³-hybridized carbons (Fsp3) is 0.368. The Labute approximate surface area is 125 Å². The monoisotopic (exact) mass is 281 g/mol. The summed E-state index contributed by atoms with van der Waals surface area (Å²) in [6.45, 7) is 0. The number of nitrogens with one attached hydrogen (secondary N) is 1. The fourth-order valence-corrected chi connectivity index (χ4v) is 3.88. The maximum absolute atomic E-state index is 13.3. The molecule has 2 unspecified atom stereocenters. The van der Waals surface area contributed by atoms with Gasteiger partial charge in [-0.1, -0.05) is 30.3 Å². The fourth-order valence-electron chi connectivity index (χ4n) is 3.88. The molecule has 0 spiro atoms. The van der Waals surface area contributed by atoms with E-state index in [9.17, 15) is 4.39 Å². The first-order valence-electron chi connectivity index (χ1n) is 7.91. The van der Waals surface area contributed by atoms with E-state index in [1.807, 2.05) is 6.07 Å².